The maximum atomic E-state index is 3.98. The largest absolute Gasteiger partial charge is 0.126 e. The molecular weight excluding hydrogens is 131 g/mol. The summed E-state index contributed by atoms with van der Waals surface area (Å²) in [6.45, 7) is 10.4. The normalized spacial score (nSPS) is 14.1. The summed E-state index contributed by atoms with van der Waals surface area (Å²) in [7, 11) is 1.17. The maximum Gasteiger partial charge on any atom is 0.126 e. The Morgan fingerprint density at radius 2 is 2.09 bits per heavy atom. The molecule has 60 valence electrons. The van der Waals surface area contributed by atoms with Crippen molar-refractivity contribution < 1.29 is 0 Å². The Hall–Kier alpha value is -0.715. The van der Waals surface area contributed by atoms with Gasteiger partial charge in [-0.25, -0.2) is 0 Å². The lowest BCUT2D eigenvalue weighted by Gasteiger charge is -2.05. The molecule has 0 saturated heterocycles. The average molecular weight is 148 g/mol. The molecule has 0 radical (unpaired) electrons. The Kier molecular flexibility index (Phi) is 5.63. The van der Waals surface area contributed by atoms with Gasteiger partial charge in [0.1, 0.15) is 7.28 Å². The van der Waals surface area contributed by atoms with Crippen molar-refractivity contribution in [3.8, 4) is 0 Å². The fourth-order valence-electron chi connectivity index (χ4n) is 0.717. The molecule has 1 heteroatoms. The molecule has 0 amide bonds. The maximum absolute atomic E-state index is 3.98. The van der Waals surface area contributed by atoms with Crippen LogP contribution in [0.5, 0.6) is 0 Å². The van der Waals surface area contributed by atoms with Gasteiger partial charge in [0.05, 0.1) is 0 Å². The SMILES string of the molecule is C=C(/C=C\C=C/C)C(C)BC. The van der Waals surface area contributed by atoms with E-state index in [1.165, 1.54) is 12.9 Å². The highest BCUT2D eigenvalue weighted by Crippen LogP contribution is 2.13. The van der Waals surface area contributed by atoms with E-state index in [0.717, 1.165) is 0 Å². The molecule has 0 bridgehead atoms. The lowest BCUT2D eigenvalue weighted by atomic mass is 9.65. The van der Waals surface area contributed by atoms with Crippen molar-refractivity contribution in [2.24, 2.45) is 0 Å². The van der Waals surface area contributed by atoms with Crippen LogP contribution in [0, 0.1) is 0 Å². The van der Waals surface area contributed by atoms with Crippen LogP contribution in [0.1, 0.15) is 13.8 Å². The van der Waals surface area contributed by atoms with Gasteiger partial charge >= 0.3 is 0 Å². The van der Waals surface area contributed by atoms with Crippen molar-refractivity contribution in [3.63, 3.8) is 0 Å². The van der Waals surface area contributed by atoms with Crippen LogP contribution in [0.3, 0.4) is 0 Å². The Morgan fingerprint density at radius 3 is 2.55 bits per heavy atom. The summed E-state index contributed by atoms with van der Waals surface area (Å²) >= 11 is 0. The minimum atomic E-state index is 0.608. The molecule has 0 rings (SSSR count). The molecule has 0 fully saturated rings. The summed E-state index contributed by atoms with van der Waals surface area (Å²) in [5.74, 6) is 0.608. The molecule has 1 unspecified atom stereocenters. The fourth-order valence-corrected chi connectivity index (χ4v) is 0.717. The topological polar surface area (TPSA) is 0 Å². The highest BCUT2D eigenvalue weighted by molar-refractivity contribution is 6.36. The Labute approximate surface area is 70.9 Å². The van der Waals surface area contributed by atoms with E-state index in [1.54, 1.807) is 0 Å². The predicted octanol–water partition coefficient (Wildman–Crippen LogP) is 2.97. The molecular formula is C10H17B. The number of rotatable bonds is 4. The van der Waals surface area contributed by atoms with E-state index >= 15 is 0 Å². The summed E-state index contributed by atoms with van der Waals surface area (Å²) in [6.07, 6.45) is 8.15. The van der Waals surface area contributed by atoms with Gasteiger partial charge in [0, 0.05) is 0 Å². The summed E-state index contributed by atoms with van der Waals surface area (Å²) in [5.41, 5.74) is 1.21. The van der Waals surface area contributed by atoms with E-state index in [0.29, 0.717) is 5.82 Å². The van der Waals surface area contributed by atoms with Crippen molar-refractivity contribution in [3.05, 3.63) is 36.5 Å². The van der Waals surface area contributed by atoms with E-state index in [4.69, 9.17) is 0 Å². The van der Waals surface area contributed by atoms with Gasteiger partial charge in [0.15, 0.2) is 0 Å². The highest BCUT2D eigenvalue weighted by atomic mass is 13.9. The van der Waals surface area contributed by atoms with Gasteiger partial charge in [0.2, 0.25) is 0 Å². The zero-order valence-corrected chi connectivity index (χ0v) is 7.80. The minimum Gasteiger partial charge on any atom is -0.0963 e. The van der Waals surface area contributed by atoms with E-state index in [1.807, 2.05) is 25.2 Å². The highest BCUT2D eigenvalue weighted by Gasteiger charge is 1.99. The average Bonchev–Trinajstić information content (AvgIpc) is 2.03. The summed E-state index contributed by atoms with van der Waals surface area (Å²) in [5, 5.41) is 0. The van der Waals surface area contributed by atoms with Crippen LogP contribution >= 0.6 is 0 Å². The second-order valence-electron chi connectivity index (χ2n) is 2.77. The second-order valence-corrected chi connectivity index (χ2v) is 2.77. The van der Waals surface area contributed by atoms with Gasteiger partial charge in [-0.3, -0.25) is 0 Å². The minimum absolute atomic E-state index is 0.608. The first-order valence-corrected chi connectivity index (χ1v) is 4.20. The molecule has 1 atom stereocenters. The van der Waals surface area contributed by atoms with Crippen LogP contribution in [-0.4, -0.2) is 7.28 Å². The number of allylic oxidation sites excluding steroid dienone is 5. The van der Waals surface area contributed by atoms with E-state index in [9.17, 15) is 0 Å². The van der Waals surface area contributed by atoms with Crippen LogP contribution in [0.15, 0.2) is 36.5 Å². The second kappa shape index (κ2) is 6.02. The molecule has 0 aromatic carbocycles. The van der Waals surface area contributed by atoms with Crippen molar-refractivity contribution >= 4 is 7.28 Å². The fraction of sp³-hybridized carbons (Fsp3) is 0.400. The lowest BCUT2D eigenvalue weighted by Crippen LogP contribution is -1.94. The van der Waals surface area contributed by atoms with Crippen LogP contribution in [0.25, 0.3) is 0 Å². The van der Waals surface area contributed by atoms with Gasteiger partial charge in [-0.1, -0.05) is 50.2 Å². The molecule has 0 aliphatic heterocycles. The van der Waals surface area contributed by atoms with Crippen molar-refractivity contribution in [1.82, 2.24) is 0 Å². The molecule has 0 aliphatic rings. The van der Waals surface area contributed by atoms with E-state index in [-0.39, 0.29) is 0 Å². The first-order valence-electron chi connectivity index (χ1n) is 4.20. The van der Waals surface area contributed by atoms with Gasteiger partial charge in [-0.15, -0.1) is 0 Å². The Morgan fingerprint density at radius 1 is 1.45 bits per heavy atom. The van der Waals surface area contributed by atoms with Crippen molar-refractivity contribution in [1.29, 1.82) is 0 Å². The summed E-state index contributed by atoms with van der Waals surface area (Å²) in [6, 6.07) is 0. The van der Waals surface area contributed by atoms with Crippen LogP contribution in [0.2, 0.25) is 12.6 Å². The first-order chi connectivity index (χ1) is 5.22. The standard InChI is InChI=1S/C10H17B/c1-5-6-7-8-9(2)10(3)11-4/h5-8,10-11H,2H2,1,3-4H3/b6-5-,8-7-. The quantitative estimate of drug-likeness (QED) is 0.424. The smallest absolute Gasteiger partial charge is 0.0963 e. The molecule has 0 aliphatic carbocycles. The molecule has 0 N–H and O–H groups in total. The van der Waals surface area contributed by atoms with Gasteiger partial charge in [-0.05, 0) is 12.7 Å². The monoisotopic (exact) mass is 148 g/mol. The zero-order chi connectivity index (χ0) is 8.69. The lowest BCUT2D eigenvalue weighted by molar-refractivity contribution is 1.13. The predicted molar refractivity (Wildman–Crippen MR) is 55.5 cm³/mol. The summed E-state index contributed by atoms with van der Waals surface area (Å²) < 4.78 is 0. The molecule has 0 aromatic rings. The third kappa shape index (κ3) is 4.66. The Balaban J connectivity index is 3.86. The molecule has 0 nitrogen and oxygen atoms in total. The van der Waals surface area contributed by atoms with Crippen LogP contribution in [-0.2, 0) is 0 Å². The zero-order valence-electron chi connectivity index (χ0n) is 7.80. The van der Waals surface area contributed by atoms with E-state index in [2.05, 4.69) is 26.4 Å². The van der Waals surface area contributed by atoms with Gasteiger partial charge < -0.3 is 0 Å². The van der Waals surface area contributed by atoms with Crippen LogP contribution in [0.4, 0.5) is 0 Å². The number of hydrogen-bond acceptors (Lipinski definition) is 0. The third-order valence-electron chi connectivity index (χ3n) is 1.86. The van der Waals surface area contributed by atoms with E-state index < -0.39 is 0 Å². The van der Waals surface area contributed by atoms with Crippen molar-refractivity contribution in [2.75, 3.05) is 0 Å². The first kappa shape index (κ1) is 10.3. The van der Waals surface area contributed by atoms with Gasteiger partial charge in [-0.2, -0.15) is 0 Å². The third-order valence-corrected chi connectivity index (χ3v) is 1.86. The molecule has 0 saturated carbocycles. The van der Waals surface area contributed by atoms with Crippen LogP contribution < -0.4 is 0 Å². The molecule has 11 heavy (non-hydrogen) atoms. The number of hydrogen-bond donors (Lipinski definition) is 0. The molecule has 0 spiro atoms. The molecule has 0 aromatic heterocycles. The van der Waals surface area contributed by atoms with Crippen molar-refractivity contribution in [2.45, 2.75) is 26.5 Å². The van der Waals surface area contributed by atoms with Gasteiger partial charge in [0.25, 0.3) is 0 Å². The Bertz CT molecular complexity index is 166. The molecule has 0 heterocycles. The summed E-state index contributed by atoms with van der Waals surface area (Å²) in [4.78, 5) is 0.